The lowest BCUT2D eigenvalue weighted by Gasteiger charge is -2.01. The summed E-state index contributed by atoms with van der Waals surface area (Å²) in [7, 11) is 0. The van der Waals surface area contributed by atoms with Crippen molar-refractivity contribution < 1.29 is 9.72 Å². The van der Waals surface area contributed by atoms with Gasteiger partial charge in [-0.25, -0.2) is 0 Å². The third kappa shape index (κ3) is 3.62. The lowest BCUT2D eigenvalue weighted by Crippen LogP contribution is -2.03. The van der Waals surface area contributed by atoms with E-state index in [2.05, 4.69) is 4.98 Å². The van der Waals surface area contributed by atoms with Gasteiger partial charge in [-0.1, -0.05) is 12.1 Å². The van der Waals surface area contributed by atoms with Crippen LogP contribution in [0.4, 0.5) is 5.69 Å². The van der Waals surface area contributed by atoms with E-state index in [9.17, 15) is 14.9 Å². The maximum atomic E-state index is 11.9. The maximum Gasteiger partial charge on any atom is 0.270 e. The lowest BCUT2D eigenvalue weighted by atomic mass is 10.1. The second-order valence-electron chi connectivity index (χ2n) is 3.70. The summed E-state index contributed by atoms with van der Waals surface area (Å²) in [5, 5.41) is 10.6. The average molecular weight is 274 g/mol. The quantitative estimate of drug-likeness (QED) is 0.363. The van der Waals surface area contributed by atoms with Crippen molar-refractivity contribution in [3.63, 3.8) is 0 Å². The minimum Gasteiger partial charge on any atom is -0.293 e. The number of rotatable bonds is 5. The van der Waals surface area contributed by atoms with E-state index in [0.29, 0.717) is 5.56 Å². The largest absolute Gasteiger partial charge is 0.293 e. The number of carbonyl (C=O) groups is 1. The maximum absolute atomic E-state index is 11.9. The van der Waals surface area contributed by atoms with E-state index in [1.165, 1.54) is 30.0 Å². The normalized spacial score (nSPS) is 10.1. The van der Waals surface area contributed by atoms with E-state index in [4.69, 9.17) is 0 Å². The molecule has 5 nitrogen and oxygen atoms in total. The molecule has 0 fully saturated rings. The Balaban J connectivity index is 2.04. The van der Waals surface area contributed by atoms with Gasteiger partial charge in [-0.2, -0.15) is 0 Å². The molecule has 0 aliphatic carbocycles. The summed E-state index contributed by atoms with van der Waals surface area (Å²) in [5.74, 6) is 0.107. The number of nitro benzene ring substituents is 1. The van der Waals surface area contributed by atoms with Crippen LogP contribution in [0.1, 0.15) is 10.4 Å². The zero-order chi connectivity index (χ0) is 13.7. The van der Waals surface area contributed by atoms with Crippen molar-refractivity contribution in [3.8, 4) is 0 Å². The molecule has 0 unspecified atom stereocenters. The average Bonchev–Trinajstić information content (AvgIpc) is 2.46. The Kier molecular flexibility index (Phi) is 4.25. The minimum atomic E-state index is -0.507. The Morgan fingerprint density at radius 2 is 2.00 bits per heavy atom. The monoisotopic (exact) mass is 274 g/mol. The van der Waals surface area contributed by atoms with Gasteiger partial charge in [0.2, 0.25) is 0 Å². The molecule has 96 valence electrons. The van der Waals surface area contributed by atoms with Crippen molar-refractivity contribution in [1.82, 2.24) is 4.98 Å². The molecule has 0 saturated heterocycles. The van der Waals surface area contributed by atoms with Gasteiger partial charge in [-0.15, -0.1) is 11.8 Å². The number of hydrogen-bond acceptors (Lipinski definition) is 5. The molecule has 0 bridgehead atoms. The first-order chi connectivity index (χ1) is 9.16. The van der Waals surface area contributed by atoms with Crippen molar-refractivity contribution in [2.24, 2.45) is 0 Å². The Morgan fingerprint density at radius 1 is 1.26 bits per heavy atom. The van der Waals surface area contributed by atoms with E-state index in [-0.39, 0.29) is 17.2 Å². The Bertz CT molecular complexity index is 602. The number of thioether (sulfide) groups is 1. The fourth-order valence-corrected chi connectivity index (χ4v) is 2.24. The SMILES string of the molecule is O=C(CSc1ccncc1)c1cccc([N+](=O)[O-])c1. The molecule has 6 heteroatoms. The summed E-state index contributed by atoms with van der Waals surface area (Å²) in [6.45, 7) is 0. The lowest BCUT2D eigenvalue weighted by molar-refractivity contribution is -0.384. The topological polar surface area (TPSA) is 73.1 Å². The fraction of sp³-hybridized carbons (Fsp3) is 0.0769. The predicted octanol–water partition coefficient (Wildman–Crippen LogP) is 2.96. The molecular weight excluding hydrogens is 264 g/mol. The van der Waals surface area contributed by atoms with Crippen LogP contribution in [0.3, 0.4) is 0 Å². The Labute approximate surface area is 113 Å². The number of non-ortho nitro benzene ring substituents is 1. The van der Waals surface area contributed by atoms with Crippen LogP contribution in [0.15, 0.2) is 53.7 Å². The van der Waals surface area contributed by atoms with Crippen molar-refractivity contribution in [2.75, 3.05) is 5.75 Å². The summed E-state index contributed by atoms with van der Waals surface area (Å²) >= 11 is 1.38. The third-order valence-corrected chi connectivity index (χ3v) is 3.41. The first-order valence-electron chi connectivity index (χ1n) is 5.47. The summed E-state index contributed by atoms with van der Waals surface area (Å²) in [6, 6.07) is 9.39. The molecule has 0 radical (unpaired) electrons. The molecule has 2 rings (SSSR count). The minimum absolute atomic E-state index is 0.0697. The van der Waals surface area contributed by atoms with Gasteiger partial charge in [0.25, 0.3) is 5.69 Å². The molecule has 0 spiro atoms. The van der Waals surface area contributed by atoms with Crippen LogP contribution in [-0.2, 0) is 0 Å². The highest BCUT2D eigenvalue weighted by atomic mass is 32.2. The van der Waals surface area contributed by atoms with Crippen LogP contribution in [0.25, 0.3) is 0 Å². The number of nitro groups is 1. The van der Waals surface area contributed by atoms with Gasteiger partial charge in [0, 0.05) is 35.0 Å². The van der Waals surface area contributed by atoms with E-state index >= 15 is 0 Å². The van der Waals surface area contributed by atoms with Crippen molar-refractivity contribution in [1.29, 1.82) is 0 Å². The van der Waals surface area contributed by atoms with Gasteiger partial charge >= 0.3 is 0 Å². The van der Waals surface area contributed by atoms with Crippen LogP contribution < -0.4 is 0 Å². The second kappa shape index (κ2) is 6.10. The van der Waals surface area contributed by atoms with E-state index in [1.54, 1.807) is 18.5 Å². The van der Waals surface area contributed by atoms with E-state index in [1.807, 2.05) is 12.1 Å². The smallest absolute Gasteiger partial charge is 0.270 e. The van der Waals surface area contributed by atoms with Crippen molar-refractivity contribution in [2.45, 2.75) is 4.90 Å². The first-order valence-corrected chi connectivity index (χ1v) is 6.46. The van der Waals surface area contributed by atoms with E-state index in [0.717, 1.165) is 4.90 Å². The summed E-state index contributed by atoms with van der Waals surface area (Å²) < 4.78 is 0. The third-order valence-electron chi connectivity index (χ3n) is 2.40. The molecule has 1 aromatic carbocycles. The summed E-state index contributed by atoms with van der Waals surface area (Å²) in [4.78, 5) is 26.9. The summed E-state index contributed by atoms with van der Waals surface area (Å²) in [5.41, 5.74) is 0.288. The van der Waals surface area contributed by atoms with Gasteiger partial charge in [0.1, 0.15) is 0 Å². The van der Waals surface area contributed by atoms with Gasteiger partial charge in [-0.05, 0) is 12.1 Å². The number of hydrogen-bond donors (Lipinski definition) is 0. The Hall–Kier alpha value is -2.21. The predicted molar refractivity (Wildman–Crippen MR) is 72.4 cm³/mol. The first kappa shape index (κ1) is 13.2. The number of aromatic nitrogens is 1. The molecule has 2 aromatic rings. The van der Waals surface area contributed by atoms with Crippen LogP contribution in [-0.4, -0.2) is 21.4 Å². The van der Waals surface area contributed by atoms with Crippen LogP contribution in [0.5, 0.6) is 0 Å². The standard InChI is InChI=1S/C13H10N2O3S/c16-13(9-19-12-4-6-14-7-5-12)10-2-1-3-11(8-10)15(17)18/h1-8H,9H2. The van der Waals surface area contributed by atoms with Crippen LogP contribution >= 0.6 is 11.8 Å². The Morgan fingerprint density at radius 3 is 2.68 bits per heavy atom. The van der Waals surface area contributed by atoms with Gasteiger partial charge < -0.3 is 0 Å². The molecule has 0 atom stereocenters. The number of benzene rings is 1. The molecule has 1 heterocycles. The zero-order valence-electron chi connectivity index (χ0n) is 9.85. The highest BCUT2D eigenvalue weighted by molar-refractivity contribution is 8.00. The summed E-state index contributed by atoms with van der Waals surface area (Å²) in [6.07, 6.45) is 3.31. The van der Waals surface area contributed by atoms with Gasteiger partial charge in [0.15, 0.2) is 5.78 Å². The molecule has 0 amide bonds. The van der Waals surface area contributed by atoms with E-state index < -0.39 is 4.92 Å². The number of Topliss-reactive ketones (excluding diaryl/α,β-unsaturated/α-hetero) is 1. The van der Waals surface area contributed by atoms with Crippen LogP contribution in [0, 0.1) is 10.1 Å². The highest BCUT2D eigenvalue weighted by Crippen LogP contribution is 2.19. The molecule has 0 saturated carbocycles. The molecular formula is C13H10N2O3S. The zero-order valence-corrected chi connectivity index (χ0v) is 10.7. The molecule has 0 aliphatic rings. The fourth-order valence-electron chi connectivity index (χ4n) is 1.46. The number of nitrogens with zero attached hydrogens (tertiary/aromatic N) is 2. The number of pyridine rings is 1. The van der Waals surface area contributed by atoms with Crippen LogP contribution in [0.2, 0.25) is 0 Å². The molecule has 19 heavy (non-hydrogen) atoms. The molecule has 0 aliphatic heterocycles. The van der Waals surface area contributed by atoms with Gasteiger partial charge in [0.05, 0.1) is 10.7 Å². The molecule has 0 N–H and O–H groups in total. The number of carbonyl (C=O) groups excluding carboxylic acids is 1. The van der Waals surface area contributed by atoms with Crippen molar-refractivity contribution >= 4 is 23.2 Å². The van der Waals surface area contributed by atoms with Gasteiger partial charge in [-0.3, -0.25) is 19.9 Å². The molecule has 1 aromatic heterocycles. The van der Waals surface area contributed by atoms with Crippen molar-refractivity contribution in [3.05, 3.63) is 64.5 Å². The number of ketones is 1. The second-order valence-corrected chi connectivity index (χ2v) is 4.75. The highest BCUT2D eigenvalue weighted by Gasteiger charge is 2.11.